The van der Waals surface area contributed by atoms with Gasteiger partial charge in [-0.05, 0) is 43.3 Å². The maximum atomic E-state index is 12.3. The molecule has 0 aliphatic heterocycles. The second-order valence-corrected chi connectivity index (χ2v) is 6.17. The third-order valence-electron chi connectivity index (χ3n) is 3.89. The van der Waals surface area contributed by atoms with Crippen LogP contribution in [-0.2, 0) is 0 Å². The summed E-state index contributed by atoms with van der Waals surface area (Å²) in [5, 5.41) is 7.27. The molecule has 2 aromatic carbocycles. The lowest BCUT2D eigenvalue weighted by molar-refractivity contribution is 0.0932. The van der Waals surface area contributed by atoms with Crippen LogP contribution < -0.4 is 14.8 Å². The highest BCUT2D eigenvalue weighted by Gasteiger charge is 2.19. The van der Waals surface area contributed by atoms with Crippen LogP contribution in [0.15, 0.2) is 47.0 Å². The van der Waals surface area contributed by atoms with Crippen LogP contribution in [0.3, 0.4) is 0 Å². The van der Waals surface area contributed by atoms with Crippen LogP contribution in [0.25, 0.3) is 11.4 Å². The molecule has 0 bridgehead atoms. The summed E-state index contributed by atoms with van der Waals surface area (Å²) >= 11 is 5.92. The Morgan fingerprint density at radius 3 is 2.63 bits per heavy atom. The highest BCUT2D eigenvalue weighted by molar-refractivity contribution is 6.30. The van der Waals surface area contributed by atoms with Gasteiger partial charge in [0.15, 0.2) is 11.5 Å². The van der Waals surface area contributed by atoms with Crippen LogP contribution in [0.5, 0.6) is 11.5 Å². The summed E-state index contributed by atoms with van der Waals surface area (Å²) in [6, 6.07) is 11.5. The van der Waals surface area contributed by atoms with Crippen LogP contribution in [-0.4, -0.2) is 30.3 Å². The van der Waals surface area contributed by atoms with E-state index in [1.165, 1.54) is 0 Å². The zero-order valence-electron chi connectivity index (χ0n) is 15.0. The average Bonchev–Trinajstić information content (AvgIpc) is 3.17. The van der Waals surface area contributed by atoms with E-state index in [4.69, 9.17) is 25.6 Å². The topological polar surface area (TPSA) is 86.5 Å². The Labute approximate surface area is 161 Å². The molecule has 1 amide bonds. The molecule has 3 aromatic rings. The van der Waals surface area contributed by atoms with Crippen LogP contribution >= 0.6 is 11.6 Å². The number of halogens is 1. The lowest BCUT2D eigenvalue weighted by Crippen LogP contribution is -2.26. The fraction of sp³-hybridized carbons (Fsp3) is 0.211. The largest absolute Gasteiger partial charge is 0.493 e. The van der Waals surface area contributed by atoms with E-state index >= 15 is 0 Å². The number of carbonyl (C=O) groups is 1. The lowest BCUT2D eigenvalue weighted by Gasteiger charge is -2.09. The van der Waals surface area contributed by atoms with Crippen molar-refractivity contribution in [1.29, 1.82) is 0 Å². The minimum absolute atomic E-state index is 0.282. The van der Waals surface area contributed by atoms with Gasteiger partial charge in [0.2, 0.25) is 11.7 Å². The van der Waals surface area contributed by atoms with Crippen molar-refractivity contribution in [2.24, 2.45) is 0 Å². The Hall–Kier alpha value is -3.06. The van der Waals surface area contributed by atoms with Crippen LogP contribution in [0.1, 0.15) is 29.2 Å². The van der Waals surface area contributed by atoms with Crippen LogP contribution in [0.2, 0.25) is 5.02 Å². The number of nitrogens with zero attached hydrogens (tertiary/aromatic N) is 2. The first-order chi connectivity index (χ1) is 13.0. The second-order valence-electron chi connectivity index (χ2n) is 5.73. The first kappa shape index (κ1) is 18.7. The summed E-state index contributed by atoms with van der Waals surface area (Å²) in [4.78, 5) is 16.7. The highest BCUT2D eigenvalue weighted by Crippen LogP contribution is 2.31. The van der Waals surface area contributed by atoms with E-state index in [2.05, 4.69) is 15.5 Å². The van der Waals surface area contributed by atoms with Crippen molar-refractivity contribution in [2.75, 3.05) is 14.2 Å². The van der Waals surface area contributed by atoms with Crippen molar-refractivity contribution in [3.05, 3.63) is 58.9 Å². The zero-order chi connectivity index (χ0) is 19.4. The minimum atomic E-state index is -0.474. The fourth-order valence-corrected chi connectivity index (χ4v) is 2.67. The number of carbonyl (C=O) groups excluding carboxylic acids is 1. The van der Waals surface area contributed by atoms with Crippen molar-refractivity contribution in [1.82, 2.24) is 15.5 Å². The van der Waals surface area contributed by atoms with Crippen molar-refractivity contribution >= 4 is 17.5 Å². The molecule has 8 heteroatoms. The predicted molar refractivity (Wildman–Crippen MR) is 100 cm³/mol. The molecule has 0 saturated heterocycles. The number of hydrogen-bond acceptors (Lipinski definition) is 6. The fourth-order valence-electron chi connectivity index (χ4n) is 2.48. The summed E-state index contributed by atoms with van der Waals surface area (Å²) in [6.07, 6.45) is 0. The van der Waals surface area contributed by atoms with Crippen molar-refractivity contribution in [3.8, 4) is 22.9 Å². The third kappa shape index (κ3) is 4.20. The summed E-state index contributed by atoms with van der Waals surface area (Å²) in [7, 11) is 3.12. The van der Waals surface area contributed by atoms with Gasteiger partial charge in [-0.15, -0.1) is 0 Å². The molecule has 3 rings (SSSR count). The minimum Gasteiger partial charge on any atom is -0.493 e. The Morgan fingerprint density at radius 2 is 1.93 bits per heavy atom. The summed E-state index contributed by atoms with van der Waals surface area (Å²) in [5.74, 6) is 1.55. The molecule has 0 aliphatic rings. The van der Waals surface area contributed by atoms with E-state index in [0.717, 1.165) is 0 Å². The summed E-state index contributed by atoms with van der Waals surface area (Å²) in [5.41, 5.74) is 1.16. The van der Waals surface area contributed by atoms with Gasteiger partial charge in [-0.3, -0.25) is 4.79 Å². The van der Waals surface area contributed by atoms with Crippen molar-refractivity contribution in [2.45, 2.75) is 13.0 Å². The summed E-state index contributed by atoms with van der Waals surface area (Å²) < 4.78 is 15.8. The quantitative estimate of drug-likeness (QED) is 0.690. The Kier molecular flexibility index (Phi) is 5.61. The number of benzene rings is 2. The predicted octanol–water partition coefficient (Wildman–Crippen LogP) is 3.90. The molecule has 0 spiro atoms. The van der Waals surface area contributed by atoms with Gasteiger partial charge in [-0.1, -0.05) is 22.8 Å². The smallest absolute Gasteiger partial charge is 0.251 e. The first-order valence-corrected chi connectivity index (χ1v) is 8.52. The molecule has 1 N–H and O–H groups in total. The Balaban J connectivity index is 1.76. The maximum absolute atomic E-state index is 12.3. The normalized spacial score (nSPS) is 11.7. The number of aromatic nitrogens is 2. The number of rotatable bonds is 6. The molecule has 7 nitrogen and oxygen atoms in total. The molecule has 0 fully saturated rings. The molecule has 140 valence electrons. The SMILES string of the molecule is COc1ccc(-c2noc([C@H](C)NC(=O)c3cccc(Cl)c3)n2)cc1OC. The highest BCUT2D eigenvalue weighted by atomic mass is 35.5. The van der Waals surface area contributed by atoms with Crippen LogP contribution in [0.4, 0.5) is 0 Å². The van der Waals surface area contributed by atoms with Crippen molar-refractivity contribution in [3.63, 3.8) is 0 Å². The van der Waals surface area contributed by atoms with E-state index in [1.807, 2.05) is 0 Å². The lowest BCUT2D eigenvalue weighted by atomic mass is 10.2. The number of ether oxygens (including phenoxy) is 2. The number of amides is 1. The van der Waals surface area contributed by atoms with Gasteiger partial charge < -0.3 is 19.3 Å². The molecular weight excluding hydrogens is 370 g/mol. The molecule has 0 radical (unpaired) electrons. The van der Waals surface area contributed by atoms with Crippen molar-refractivity contribution < 1.29 is 18.8 Å². The van der Waals surface area contributed by atoms with E-state index in [1.54, 1.807) is 63.6 Å². The average molecular weight is 388 g/mol. The van der Waals surface area contributed by atoms with E-state index in [0.29, 0.717) is 33.5 Å². The van der Waals surface area contributed by atoms with Gasteiger partial charge in [-0.2, -0.15) is 4.98 Å². The number of methoxy groups -OCH3 is 2. The Bertz CT molecular complexity index is 958. The van der Waals surface area contributed by atoms with E-state index < -0.39 is 6.04 Å². The monoisotopic (exact) mass is 387 g/mol. The molecule has 27 heavy (non-hydrogen) atoms. The van der Waals surface area contributed by atoms with Gasteiger partial charge >= 0.3 is 0 Å². The molecule has 0 aliphatic carbocycles. The molecule has 1 aromatic heterocycles. The maximum Gasteiger partial charge on any atom is 0.251 e. The van der Waals surface area contributed by atoms with Gasteiger partial charge in [-0.25, -0.2) is 0 Å². The Morgan fingerprint density at radius 1 is 1.15 bits per heavy atom. The molecule has 1 heterocycles. The molecule has 0 unspecified atom stereocenters. The zero-order valence-corrected chi connectivity index (χ0v) is 15.8. The first-order valence-electron chi connectivity index (χ1n) is 8.14. The number of nitrogens with one attached hydrogen (secondary N) is 1. The third-order valence-corrected chi connectivity index (χ3v) is 4.12. The molecule has 0 saturated carbocycles. The molecule has 1 atom stereocenters. The van der Waals surface area contributed by atoms with E-state index in [-0.39, 0.29) is 11.8 Å². The van der Waals surface area contributed by atoms with Crippen LogP contribution in [0, 0.1) is 0 Å². The van der Waals surface area contributed by atoms with Gasteiger partial charge in [0, 0.05) is 16.1 Å². The second kappa shape index (κ2) is 8.09. The molecular formula is C19H18ClN3O4. The summed E-state index contributed by atoms with van der Waals surface area (Å²) in [6.45, 7) is 1.76. The standard InChI is InChI=1S/C19H18ClN3O4/c1-11(21-18(24)13-5-4-6-14(20)9-13)19-22-17(23-27-19)12-7-8-15(25-2)16(10-12)26-3/h4-11H,1-3H3,(H,21,24)/t11-/m0/s1. The van der Waals surface area contributed by atoms with Gasteiger partial charge in [0.1, 0.15) is 6.04 Å². The number of hydrogen-bond donors (Lipinski definition) is 1. The van der Waals surface area contributed by atoms with E-state index in [9.17, 15) is 4.79 Å². The van der Waals surface area contributed by atoms with Gasteiger partial charge in [0.05, 0.1) is 14.2 Å². The van der Waals surface area contributed by atoms with Gasteiger partial charge in [0.25, 0.3) is 5.91 Å².